The van der Waals surface area contributed by atoms with Gasteiger partial charge in [-0.15, -0.1) is 11.6 Å². The lowest BCUT2D eigenvalue weighted by atomic mass is 10.1. The molecule has 0 bridgehead atoms. The standard InChI is InChI=1S/C8H5ClF3NO/c9-1-6-7(10)5(3-14)4(2-13-6)8(11)12/h2-3,8H,1H2. The van der Waals surface area contributed by atoms with Crippen LogP contribution in [-0.4, -0.2) is 11.3 Å². The molecule has 0 aromatic carbocycles. The van der Waals surface area contributed by atoms with Gasteiger partial charge in [-0.2, -0.15) is 0 Å². The van der Waals surface area contributed by atoms with Gasteiger partial charge >= 0.3 is 0 Å². The van der Waals surface area contributed by atoms with E-state index in [0.717, 1.165) is 6.20 Å². The first kappa shape index (κ1) is 11.0. The minimum atomic E-state index is -2.93. The van der Waals surface area contributed by atoms with Crippen LogP contribution >= 0.6 is 11.6 Å². The zero-order chi connectivity index (χ0) is 10.7. The van der Waals surface area contributed by atoms with Crippen LogP contribution in [0.2, 0.25) is 0 Å². The Kier molecular flexibility index (Phi) is 3.46. The summed E-state index contributed by atoms with van der Waals surface area (Å²) < 4.78 is 37.6. The van der Waals surface area contributed by atoms with E-state index in [1.54, 1.807) is 0 Å². The summed E-state index contributed by atoms with van der Waals surface area (Å²) in [6, 6.07) is 0. The van der Waals surface area contributed by atoms with Crippen molar-refractivity contribution in [1.29, 1.82) is 0 Å². The number of alkyl halides is 3. The molecule has 0 aliphatic heterocycles. The molecule has 2 nitrogen and oxygen atoms in total. The van der Waals surface area contributed by atoms with E-state index in [0.29, 0.717) is 0 Å². The van der Waals surface area contributed by atoms with Crippen LogP contribution in [0.3, 0.4) is 0 Å². The van der Waals surface area contributed by atoms with Crippen molar-refractivity contribution in [2.45, 2.75) is 12.3 Å². The molecule has 0 fully saturated rings. The van der Waals surface area contributed by atoms with Gasteiger partial charge in [0.2, 0.25) is 0 Å². The van der Waals surface area contributed by atoms with E-state index in [9.17, 15) is 18.0 Å². The van der Waals surface area contributed by atoms with Gasteiger partial charge in [0.1, 0.15) is 0 Å². The smallest absolute Gasteiger partial charge is 0.266 e. The fourth-order valence-corrected chi connectivity index (χ4v) is 1.13. The molecule has 0 aliphatic rings. The molecule has 0 atom stereocenters. The fourth-order valence-electron chi connectivity index (χ4n) is 0.943. The van der Waals surface area contributed by atoms with Crippen molar-refractivity contribution in [2.24, 2.45) is 0 Å². The average Bonchev–Trinajstić information content (AvgIpc) is 2.17. The lowest BCUT2D eigenvalue weighted by molar-refractivity contribution is 0.110. The van der Waals surface area contributed by atoms with Crippen molar-refractivity contribution in [3.05, 3.63) is 28.8 Å². The summed E-state index contributed by atoms with van der Waals surface area (Å²) in [5, 5.41) is 0. The van der Waals surface area contributed by atoms with Gasteiger partial charge in [-0.1, -0.05) is 0 Å². The molecule has 6 heteroatoms. The summed E-state index contributed by atoms with van der Waals surface area (Å²) in [7, 11) is 0. The number of carbonyl (C=O) groups is 1. The van der Waals surface area contributed by atoms with Gasteiger partial charge < -0.3 is 0 Å². The number of carbonyl (C=O) groups excluding carboxylic acids is 1. The van der Waals surface area contributed by atoms with Gasteiger partial charge in [0.05, 0.1) is 17.1 Å². The second-order valence-corrected chi connectivity index (χ2v) is 2.71. The number of pyridine rings is 1. The predicted molar refractivity (Wildman–Crippen MR) is 44.1 cm³/mol. The molecule has 0 amide bonds. The number of aldehydes is 1. The Hall–Kier alpha value is -1.10. The molecule has 0 unspecified atom stereocenters. The molecule has 0 spiro atoms. The lowest BCUT2D eigenvalue weighted by Gasteiger charge is -2.06. The quantitative estimate of drug-likeness (QED) is 0.583. The van der Waals surface area contributed by atoms with Gasteiger partial charge in [0.15, 0.2) is 12.1 Å². The van der Waals surface area contributed by atoms with Gasteiger partial charge in [0, 0.05) is 11.8 Å². The highest BCUT2D eigenvalue weighted by molar-refractivity contribution is 6.16. The number of halogens is 4. The van der Waals surface area contributed by atoms with Crippen molar-refractivity contribution in [3.8, 4) is 0 Å². The largest absolute Gasteiger partial charge is 0.298 e. The first-order valence-corrected chi connectivity index (χ1v) is 4.11. The zero-order valence-corrected chi connectivity index (χ0v) is 7.56. The van der Waals surface area contributed by atoms with Crippen LogP contribution in [0.4, 0.5) is 13.2 Å². The van der Waals surface area contributed by atoms with E-state index in [4.69, 9.17) is 11.6 Å². The molecular formula is C8H5ClF3NO. The third-order valence-corrected chi connectivity index (χ3v) is 1.89. The van der Waals surface area contributed by atoms with Crippen molar-refractivity contribution < 1.29 is 18.0 Å². The van der Waals surface area contributed by atoms with E-state index in [2.05, 4.69) is 4.98 Å². The Balaban J connectivity index is 3.35. The monoisotopic (exact) mass is 223 g/mol. The fraction of sp³-hybridized carbons (Fsp3) is 0.250. The Morgan fingerprint density at radius 3 is 2.64 bits per heavy atom. The Labute approximate surface area is 82.7 Å². The summed E-state index contributed by atoms with van der Waals surface area (Å²) in [6.45, 7) is 0. The maximum atomic E-state index is 13.2. The molecule has 0 N–H and O–H groups in total. The molecule has 14 heavy (non-hydrogen) atoms. The van der Waals surface area contributed by atoms with Crippen molar-refractivity contribution in [1.82, 2.24) is 4.98 Å². The Bertz CT molecular complexity index is 357. The van der Waals surface area contributed by atoms with Crippen molar-refractivity contribution in [3.63, 3.8) is 0 Å². The molecule has 0 aliphatic carbocycles. The summed E-state index contributed by atoms with van der Waals surface area (Å²) in [4.78, 5) is 13.8. The highest BCUT2D eigenvalue weighted by Crippen LogP contribution is 2.24. The summed E-state index contributed by atoms with van der Waals surface area (Å²) in [6.07, 6.45) is -2.13. The first-order chi connectivity index (χ1) is 6.61. The number of hydrogen-bond acceptors (Lipinski definition) is 2. The van der Waals surface area contributed by atoms with Gasteiger partial charge in [-0.25, -0.2) is 13.2 Å². The zero-order valence-electron chi connectivity index (χ0n) is 6.81. The van der Waals surface area contributed by atoms with Crippen LogP contribution in [0.15, 0.2) is 6.20 Å². The third-order valence-electron chi connectivity index (χ3n) is 1.64. The topological polar surface area (TPSA) is 30.0 Å². The van der Waals surface area contributed by atoms with Crippen molar-refractivity contribution in [2.75, 3.05) is 0 Å². The number of nitrogens with zero attached hydrogens (tertiary/aromatic N) is 1. The molecule has 0 radical (unpaired) electrons. The summed E-state index contributed by atoms with van der Waals surface area (Å²) in [5.74, 6) is -1.34. The first-order valence-electron chi connectivity index (χ1n) is 3.58. The SMILES string of the molecule is O=Cc1c(C(F)F)cnc(CCl)c1F. The number of rotatable bonds is 3. The second kappa shape index (κ2) is 4.41. The average molecular weight is 224 g/mol. The van der Waals surface area contributed by atoms with Crippen LogP contribution in [0.5, 0.6) is 0 Å². The molecular weight excluding hydrogens is 219 g/mol. The molecule has 1 aromatic heterocycles. The molecule has 0 saturated heterocycles. The van der Waals surface area contributed by atoms with Gasteiger partial charge in [0.25, 0.3) is 6.43 Å². The van der Waals surface area contributed by atoms with Crippen LogP contribution in [-0.2, 0) is 5.88 Å². The maximum Gasteiger partial charge on any atom is 0.266 e. The summed E-state index contributed by atoms with van der Waals surface area (Å²) in [5.41, 5.74) is -1.60. The lowest BCUT2D eigenvalue weighted by Crippen LogP contribution is -2.03. The molecule has 1 rings (SSSR count). The molecule has 0 saturated carbocycles. The van der Waals surface area contributed by atoms with Crippen LogP contribution in [0.25, 0.3) is 0 Å². The highest BCUT2D eigenvalue weighted by atomic mass is 35.5. The Morgan fingerprint density at radius 1 is 1.57 bits per heavy atom. The molecule has 1 heterocycles. The third kappa shape index (κ3) is 1.87. The second-order valence-electron chi connectivity index (χ2n) is 2.44. The van der Waals surface area contributed by atoms with Crippen LogP contribution < -0.4 is 0 Å². The van der Waals surface area contributed by atoms with E-state index < -0.39 is 23.4 Å². The predicted octanol–water partition coefficient (Wildman–Crippen LogP) is 2.71. The molecule has 1 aromatic rings. The van der Waals surface area contributed by atoms with E-state index in [1.165, 1.54) is 0 Å². The number of aromatic nitrogens is 1. The van der Waals surface area contributed by atoms with E-state index in [1.807, 2.05) is 0 Å². The highest BCUT2D eigenvalue weighted by Gasteiger charge is 2.19. The minimum absolute atomic E-state index is 0.0363. The minimum Gasteiger partial charge on any atom is -0.298 e. The van der Waals surface area contributed by atoms with E-state index >= 15 is 0 Å². The van der Waals surface area contributed by atoms with Crippen LogP contribution in [0, 0.1) is 5.82 Å². The maximum absolute atomic E-state index is 13.2. The van der Waals surface area contributed by atoms with Gasteiger partial charge in [-0.05, 0) is 0 Å². The normalized spacial score (nSPS) is 10.6. The van der Waals surface area contributed by atoms with Crippen LogP contribution in [0.1, 0.15) is 28.0 Å². The number of hydrogen-bond donors (Lipinski definition) is 0. The summed E-state index contributed by atoms with van der Waals surface area (Å²) >= 11 is 5.29. The van der Waals surface area contributed by atoms with Gasteiger partial charge in [-0.3, -0.25) is 9.78 Å². The Morgan fingerprint density at radius 2 is 2.21 bits per heavy atom. The van der Waals surface area contributed by atoms with Crippen molar-refractivity contribution >= 4 is 17.9 Å². The van der Waals surface area contributed by atoms with E-state index in [-0.39, 0.29) is 17.9 Å². The molecule has 76 valence electrons.